The maximum atomic E-state index is 6.34. The second-order valence-corrected chi connectivity index (χ2v) is 5.71. The van der Waals surface area contributed by atoms with Gasteiger partial charge in [-0.05, 0) is 28.5 Å². The number of nitrogens with one attached hydrogen (secondary N) is 1. The number of rotatable bonds is 5. The van der Waals surface area contributed by atoms with Crippen molar-refractivity contribution >= 4 is 50.1 Å². The van der Waals surface area contributed by atoms with E-state index in [1.807, 2.05) is 6.92 Å². The van der Waals surface area contributed by atoms with Gasteiger partial charge in [0.05, 0.1) is 23.2 Å². The number of hydrogen-bond donors (Lipinski definition) is 1. The first-order valence-corrected chi connectivity index (χ1v) is 7.42. The number of methoxy groups -OCH3 is 1. The number of halogens is 3. The Labute approximate surface area is 130 Å². The van der Waals surface area contributed by atoms with Gasteiger partial charge < -0.3 is 14.5 Å². The topological polar surface area (TPSA) is 34.4 Å². The van der Waals surface area contributed by atoms with E-state index in [0.29, 0.717) is 28.8 Å². The summed E-state index contributed by atoms with van der Waals surface area (Å²) in [6, 6.07) is 1.74. The van der Waals surface area contributed by atoms with Gasteiger partial charge in [0.15, 0.2) is 5.58 Å². The molecule has 1 N–H and O–H groups in total. The molecule has 0 saturated heterocycles. The Morgan fingerprint density at radius 1 is 1.42 bits per heavy atom. The van der Waals surface area contributed by atoms with Crippen molar-refractivity contribution in [1.82, 2.24) is 5.32 Å². The lowest BCUT2D eigenvalue weighted by Gasteiger charge is -2.04. The molecule has 0 atom stereocenters. The van der Waals surface area contributed by atoms with Gasteiger partial charge in [-0.1, -0.05) is 30.1 Å². The van der Waals surface area contributed by atoms with Crippen LogP contribution in [0.25, 0.3) is 11.0 Å². The van der Waals surface area contributed by atoms with Crippen molar-refractivity contribution in [1.29, 1.82) is 0 Å². The third-order valence-electron chi connectivity index (χ3n) is 2.81. The van der Waals surface area contributed by atoms with Gasteiger partial charge in [-0.25, -0.2) is 0 Å². The van der Waals surface area contributed by atoms with E-state index in [0.717, 1.165) is 27.7 Å². The molecule has 0 aliphatic rings. The standard InChI is InChI=1S/C13H14BrCl2NO2/c1-3-17-5-10-7(6-18-2)11-12(16)8(14)4-9(15)13(11)19-10/h4,17H,3,5-6H2,1-2H3. The minimum atomic E-state index is 0.431. The fourth-order valence-corrected chi connectivity index (χ4v) is 3.01. The van der Waals surface area contributed by atoms with Gasteiger partial charge in [0.1, 0.15) is 5.76 Å². The van der Waals surface area contributed by atoms with Crippen LogP contribution in [0.4, 0.5) is 0 Å². The Hall–Kier alpha value is -0.260. The van der Waals surface area contributed by atoms with Crippen molar-refractivity contribution in [2.45, 2.75) is 20.1 Å². The highest BCUT2D eigenvalue weighted by Crippen LogP contribution is 2.41. The zero-order chi connectivity index (χ0) is 14.0. The van der Waals surface area contributed by atoms with Gasteiger partial charge in [0.2, 0.25) is 0 Å². The van der Waals surface area contributed by atoms with Crippen LogP contribution >= 0.6 is 39.1 Å². The predicted molar refractivity (Wildman–Crippen MR) is 82.0 cm³/mol. The van der Waals surface area contributed by atoms with Gasteiger partial charge in [-0.15, -0.1) is 0 Å². The number of ether oxygens (including phenoxy) is 1. The fourth-order valence-electron chi connectivity index (χ4n) is 1.95. The van der Waals surface area contributed by atoms with Crippen molar-refractivity contribution in [3.63, 3.8) is 0 Å². The van der Waals surface area contributed by atoms with Crippen LogP contribution in [0.3, 0.4) is 0 Å². The molecule has 0 unspecified atom stereocenters. The first-order chi connectivity index (χ1) is 9.10. The maximum Gasteiger partial charge on any atom is 0.154 e. The minimum Gasteiger partial charge on any atom is -0.458 e. The SMILES string of the molecule is CCNCc1oc2c(Cl)cc(Br)c(Cl)c2c1COC. The smallest absolute Gasteiger partial charge is 0.154 e. The van der Waals surface area contributed by atoms with Crippen LogP contribution in [0.15, 0.2) is 15.0 Å². The normalized spacial score (nSPS) is 11.4. The summed E-state index contributed by atoms with van der Waals surface area (Å²) in [7, 11) is 1.64. The lowest BCUT2D eigenvalue weighted by atomic mass is 10.1. The molecular weight excluding hydrogens is 353 g/mol. The molecule has 0 amide bonds. The van der Waals surface area contributed by atoms with Crippen molar-refractivity contribution in [3.8, 4) is 0 Å². The molecule has 0 aliphatic heterocycles. The van der Waals surface area contributed by atoms with E-state index in [4.69, 9.17) is 32.4 Å². The van der Waals surface area contributed by atoms with E-state index in [1.54, 1.807) is 13.2 Å². The van der Waals surface area contributed by atoms with E-state index in [2.05, 4.69) is 21.2 Å². The first kappa shape index (κ1) is 15.1. The largest absolute Gasteiger partial charge is 0.458 e. The summed E-state index contributed by atoms with van der Waals surface area (Å²) in [4.78, 5) is 0. The summed E-state index contributed by atoms with van der Waals surface area (Å²) in [5.74, 6) is 0.806. The highest BCUT2D eigenvalue weighted by molar-refractivity contribution is 9.10. The van der Waals surface area contributed by atoms with E-state index in [-0.39, 0.29) is 0 Å². The monoisotopic (exact) mass is 365 g/mol. The van der Waals surface area contributed by atoms with Gasteiger partial charge in [-0.2, -0.15) is 0 Å². The van der Waals surface area contributed by atoms with Crippen LogP contribution in [-0.4, -0.2) is 13.7 Å². The molecule has 19 heavy (non-hydrogen) atoms. The molecule has 2 aromatic rings. The maximum absolute atomic E-state index is 6.34. The van der Waals surface area contributed by atoms with Crippen LogP contribution in [0, 0.1) is 0 Å². The summed E-state index contributed by atoms with van der Waals surface area (Å²) >= 11 is 16.0. The van der Waals surface area contributed by atoms with Gasteiger partial charge in [0.25, 0.3) is 0 Å². The van der Waals surface area contributed by atoms with Crippen molar-refractivity contribution in [2.24, 2.45) is 0 Å². The number of benzene rings is 1. The predicted octanol–water partition coefficient (Wildman–Crippen LogP) is 4.76. The molecule has 0 bridgehead atoms. The zero-order valence-corrected chi connectivity index (χ0v) is 13.7. The molecule has 0 radical (unpaired) electrons. The molecule has 0 spiro atoms. The van der Waals surface area contributed by atoms with Crippen LogP contribution in [0.1, 0.15) is 18.2 Å². The van der Waals surface area contributed by atoms with E-state index < -0.39 is 0 Å². The molecule has 0 fully saturated rings. The molecule has 0 saturated carbocycles. The number of fused-ring (bicyclic) bond motifs is 1. The molecular formula is C13H14BrCl2NO2. The molecule has 1 heterocycles. The van der Waals surface area contributed by atoms with Crippen molar-refractivity contribution in [3.05, 3.63) is 31.9 Å². The zero-order valence-electron chi connectivity index (χ0n) is 10.6. The Kier molecular flexibility index (Phi) is 5.15. The Bertz CT molecular complexity index is 598. The molecule has 3 nitrogen and oxygen atoms in total. The molecule has 1 aromatic carbocycles. The van der Waals surface area contributed by atoms with Gasteiger partial charge in [0, 0.05) is 22.5 Å². The van der Waals surface area contributed by atoms with Crippen LogP contribution < -0.4 is 5.32 Å². The average Bonchev–Trinajstić information content (AvgIpc) is 2.74. The molecule has 104 valence electrons. The highest BCUT2D eigenvalue weighted by atomic mass is 79.9. The van der Waals surface area contributed by atoms with Gasteiger partial charge >= 0.3 is 0 Å². The summed E-state index contributed by atoms with van der Waals surface area (Å²) in [6.07, 6.45) is 0. The summed E-state index contributed by atoms with van der Waals surface area (Å²) < 4.78 is 11.8. The van der Waals surface area contributed by atoms with Crippen LogP contribution in [0.2, 0.25) is 10.0 Å². The fraction of sp³-hybridized carbons (Fsp3) is 0.385. The van der Waals surface area contributed by atoms with Crippen molar-refractivity contribution in [2.75, 3.05) is 13.7 Å². The lowest BCUT2D eigenvalue weighted by molar-refractivity contribution is 0.183. The summed E-state index contributed by atoms with van der Waals surface area (Å²) in [5.41, 5.74) is 1.54. The second kappa shape index (κ2) is 6.46. The van der Waals surface area contributed by atoms with E-state index >= 15 is 0 Å². The lowest BCUT2D eigenvalue weighted by Crippen LogP contribution is -2.12. The molecule has 1 aromatic heterocycles. The molecule has 2 rings (SSSR count). The minimum absolute atomic E-state index is 0.431. The molecule has 6 heteroatoms. The Morgan fingerprint density at radius 2 is 2.16 bits per heavy atom. The quantitative estimate of drug-likeness (QED) is 0.774. The second-order valence-electron chi connectivity index (χ2n) is 4.08. The van der Waals surface area contributed by atoms with E-state index in [1.165, 1.54) is 0 Å². The number of hydrogen-bond acceptors (Lipinski definition) is 3. The Morgan fingerprint density at radius 3 is 2.79 bits per heavy atom. The van der Waals surface area contributed by atoms with Crippen LogP contribution in [0.5, 0.6) is 0 Å². The summed E-state index contributed by atoms with van der Waals surface area (Å²) in [6.45, 7) is 3.94. The average molecular weight is 367 g/mol. The third kappa shape index (κ3) is 2.93. The highest BCUT2D eigenvalue weighted by Gasteiger charge is 2.20. The van der Waals surface area contributed by atoms with Crippen LogP contribution in [-0.2, 0) is 17.9 Å². The summed E-state index contributed by atoms with van der Waals surface area (Å²) in [5, 5.41) is 5.18. The third-order valence-corrected chi connectivity index (χ3v) is 4.34. The van der Waals surface area contributed by atoms with E-state index in [9.17, 15) is 0 Å². The Balaban J connectivity index is 2.66. The molecule has 0 aliphatic carbocycles. The van der Waals surface area contributed by atoms with Crippen molar-refractivity contribution < 1.29 is 9.15 Å². The first-order valence-electron chi connectivity index (χ1n) is 5.87. The van der Waals surface area contributed by atoms with Gasteiger partial charge in [-0.3, -0.25) is 0 Å². The number of furan rings is 1.